The van der Waals surface area contributed by atoms with E-state index in [0.717, 1.165) is 22.4 Å². The van der Waals surface area contributed by atoms with Crippen LogP contribution in [0, 0.1) is 23.2 Å². The summed E-state index contributed by atoms with van der Waals surface area (Å²) in [7, 11) is 0. The average molecular weight is 373 g/mol. The van der Waals surface area contributed by atoms with E-state index >= 15 is 0 Å². The van der Waals surface area contributed by atoms with Crippen molar-refractivity contribution < 1.29 is 9.59 Å². The Morgan fingerprint density at radius 1 is 1.32 bits per heavy atom. The summed E-state index contributed by atoms with van der Waals surface area (Å²) < 4.78 is 1.60. The zero-order valence-electron chi connectivity index (χ0n) is 15.7. The van der Waals surface area contributed by atoms with Crippen molar-refractivity contribution in [3.8, 4) is 17.2 Å². The number of aromatic nitrogens is 3. The summed E-state index contributed by atoms with van der Waals surface area (Å²) in [5, 5.41) is 13.5. The van der Waals surface area contributed by atoms with Gasteiger partial charge in [0, 0.05) is 42.4 Å². The lowest BCUT2D eigenvalue weighted by molar-refractivity contribution is -0.141. The number of likely N-dealkylation sites (tertiary alicyclic amines) is 1. The van der Waals surface area contributed by atoms with E-state index < -0.39 is 6.04 Å². The van der Waals surface area contributed by atoms with Crippen LogP contribution in [0.1, 0.15) is 41.6 Å². The third kappa shape index (κ3) is 2.15. The van der Waals surface area contributed by atoms with Crippen LogP contribution in [0.4, 0.5) is 0 Å². The van der Waals surface area contributed by atoms with Gasteiger partial charge < -0.3 is 4.90 Å². The molecule has 5 rings (SSSR count). The first kappa shape index (κ1) is 16.9. The lowest BCUT2D eigenvalue weighted by Crippen LogP contribution is -2.52. The van der Waals surface area contributed by atoms with E-state index in [1.165, 1.54) is 0 Å². The van der Waals surface area contributed by atoms with Crippen LogP contribution >= 0.6 is 0 Å². The van der Waals surface area contributed by atoms with E-state index in [1.807, 2.05) is 26.0 Å². The number of nitriles is 1. The number of carbonyl (C=O) groups excluding carboxylic acids is 2. The molecule has 0 radical (unpaired) electrons. The first-order valence-electron chi connectivity index (χ1n) is 9.50. The zero-order valence-corrected chi connectivity index (χ0v) is 15.7. The Hall–Kier alpha value is -3.27. The van der Waals surface area contributed by atoms with Gasteiger partial charge in [-0.25, -0.2) is 4.68 Å². The Balaban J connectivity index is 1.60. The molecule has 7 heteroatoms. The zero-order chi connectivity index (χ0) is 19.6. The molecule has 0 saturated carbocycles. The van der Waals surface area contributed by atoms with Crippen molar-refractivity contribution in [3.63, 3.8) is 0 Å². The fourth-order valence-corrected chi connectivity index (χ4v) is 4.42. The number of nitrogens with zero attached hydrogens (tertiary/aromatic N) is 5. The molecule has 28 heavy (non-hydrogen) atoms. The van der Waals surface area contributed by atoms with Gasteiger partial charge in [-0.05, 0) is 17.5 Å². The number of hydrogen-bond acceptors (Lipinski definition) is 5. The molecule has 0 N–H and O–H groups in total. The number of fused-ring (bicyclic) bond motifs is 2. The monoisotopic (exact) mass is 373 g/mol. The molecule has 2 aliphatic carbocycles. The van der Waals surface area contributed by atoms with Gasteiger partial charge >= 0.3 is 0 Å². The average Bonchev–Trinajstić information content (AvgIpc) is 3.24. The second-order valence-electron chi connectivity index (χ2n) is 7.94. The van der Waals surface area contributed by atoms with Gasteiger partial charge in [-0.15, -0.1) is 0 Å². The molecular weight excluding hydrogens is 354 g/mol. The molecule has 3 aliphatic rings. The van der Waals surface area contributed by atoms with Crippen LogP contribution in [0.5, 0.6) is 0 Å². The van der Waals surface area contributed by atoms with E-state index in [-0.39, 0.29) is 23.5 Å². The van der Waals surface area contributed by atoms with Gasteiger partial charge in [-0.3, -0.25) is 14.6 Å². The molecule has 0 bridgehead atoms. The molecule has 1 saturated heterocycles. The van der Waals surface area contributed by atoms with Crippen LogP contribution in [-0.4, -0.2) is 44.4 Å². The quantitative estimate of drug-likeness (QED) is 0.823. The molecule has 1 aliphatic heterocycles. The van der Waals surface area contributed by atoms with Crippen LogP contribution in [0.25, 0.3) is 16.7 Å². The molecular formula is C21H19N5O2. The number of amides is 1. The number of allylic oxidation sites excluding steroid dienone is 2. The smallest absolute Gasteiger partial charge is 0.247 e. The molecule has 140 valence electrons. The Kier molecular flexibility index (Phi) is 3.53. The molecule has 1 fully saturated rings. The Morgan fingerprint density at radius 3 is 2.82 bits per heavy atom. The van der Waals surface area contributed by atoms with E-state index in [4.69, 9.17) is 5.26 Å². The highest BCUT2D eigenvalue weighted by Gasteiger charge is 2.41. The summed E-state index contributed by atoms with van der Waals surface area (Å²) >= 11 is 0. The molecule has 1 amide bonds. The van der Waals surface area contributed by atoms with E-state index in [2.05, 4.69) is 16.2 Å². The number of hydrogen-bond donors (Lipinski definition) is 0. The maximum atomic E-state index is 13.3. The summed E-state index contributed by atoms with van der Waals surface area (Å²) in [6.07, 6.45) is 6.02. The molecule has 2 aromatic rings. The minimum Gasteiger partial charge on any atom is -0.338 e. The van der Waals surface area contributed by atoms with Crippen LogP contribution < -0.4 is 0 Å². The van der Waals surface area contributed by atoms with Crippen LogP contribution in [0.3, 0.4) is 0 Å². The fourth-order valence-electron chi connectivity index (χ4n) is 4.42. The maximum Gasteiger partial charge on any atom is 0.247 e. The van der Waals surface area contributed by atoms with Gasteiger partial charge in [-0.1, -0.05) is 19.9 Å². The van der Waals surface area contributed by atoms with Crippen LogP contribution in [-0.2, 0) is 11.2 Å². The third-order valence-electron chi connectivity index (χ3n) is 5.87. The molecule has 0 aromatic carbocycles. The Bertz CT molecular complexity index is 1100. The Morgan fingerprint density at radius 2 is 2.11 bits per heavy atom. The van der Waals surface area contributed by atoms with Crippen molar-refractivity contribution in [2.24, 2.45) is 11.8 Å². The van der Waals surface area contributed by atoms with Gasteiger partial charge in [0.25, 0.3) is 0 Å². The van der Waals surface area contributed by atoms with Crippen LogP contribution in [0.15, 0.2) is 24.5 Å². The van der Waals surface area contributed by atoms with Crippen molar-refractivity contribution in [1.29, 1.82) is 5.26 Å². The summed E-state index contributed by atoms with van der Waals surface area (Å²) in [5.41, 5.74) is 4.68. The van der Waals surface area contributed by atoms with E-state index in [1.54, 1.807) is 22.0 Å². The standard InChI is InChI=1S/C21H19N5O2/c1-11(2)18(21(28)25-9-12(7-22)10-25)26-19-15(8-24-26)13-5-6-23-16-4-3-14(17(13)16)20(19)27/h3,5-6,8,11-12,18H,4,9-10H2,1-2H3. The summed E-state index contributed by atoms with van der Waals surface area (Å²) in [4.78, 5) is 32.5. The van der Waals surface area contributed by atoms with Gasteiger partial charge in [0.15, 0.2) is 0 Å². The topological polar surface area (TPSA) is 91.9 Å². The minimum atomic E-state index is -0.572. The summed E-state index contributed by atoms with van der Waals surface area (Å²) in [6.45, 7) is 4.80. The van der Waals surface area contributed by atoms with E-state index in [0.29, 0.717) is 30.8 Å². The highest BCUT2D eigenvalue weighted by molar-refractivity contribution is 6.34. The van der Waals surface area contributed by atoms with Gasteiger partial charge in [0.2, 0.25) is 11.7 Å². The maximum absolute atomic E-state index is 13.3. The molecule has 1 atom stereocenters. The first-order chi connectivity index (χ1) is 13.5. The molecule has 0 spiro atoms. The lowest BCUT2D eigenvalue weighted by Gasteiger charge is -2.38. The van der Waals surface area contributed by atoms with Crippen LogP contribution in [0.2, 0.25) is 0 Å². The number of Topliss-reactive ketones (excluding diaryl/α,β-unsaturated/α-hetero) is 1. The minimum absolute atomic E-state index is 0.0441. The Labute approximate surface area is 162 Å². The van der Waals surface area contributed by atoms with Crippen molar-refractivity contribution >= 4 is 17.3 Å². The second kappa shape index (κ2) is 5.86. The number of rotatable bonds is 3. The predicted octanol–water partition coefficient (Wildman–Crippen LogP) is 2.26. The predicted molar refractivity (Wildman–Crippen MR) is 101 cm³/mol. The largest absolute Gasteiger partial charge is 0.338 e. The highest BCUT2D eigenvalue weighted by atomic mass is 16.2. The second-order valence-corrected chi connectivity index (χ2v) is 7.94. The van der Waals surface area contributed by atoms with Gasteiger partial charge in [0.1, 0.15) is 11.7 Å². The summed E-state index contributed by atoms with van der Waals surface area (Å²) in [5.74, 6) is -0.325. The molecule has 3 heterocycles. The van der Waals surface area contributed by atoms with Crippen molar-refractivity contribution in [1.82, 2.24) is 19.7 Å². The lowest BCUT2D eigenvalue weighted by atomic mass is 9.86. The summed E-state index contributed by atoms with van der Waals surface area (Å²) in [6, 6.07) is 3.53. The number of pyridine rings is 1. The SMILES string of the molecule is CC(C)C(C(=O)N1CC(C#N)C1)n1ncc2c1C(=O)C1=CCc3nccc-2c31. The van der Waals surface area contributed by atoms with Crippen molar-refractivity contribution in [3.05, 3.63) is 41.5 Å². The molecule has 1 unspecified atom stereocenters. The van der Waals surface area contributed by atoms with E-state index in [9.17, 15) is 9.59 Å². The normalized spacial score (nSPS) is 18.3. The molecule has 7 nitrogen and oxygen atoms in total. The van der Waals surface area contributed by atoms with Gasteiger partial charge in [0.05, 0.1) is 23.9 Å². The molecule has 2 aromatic heterocycles. The van der Waals surface area contributed by atoms with Gasteiger partial charge in [-0.2, -0.15) is 10.4 Å². The number of ketones is 1. The number of carbonyl (C=O) groups is 2. The van der Waals surface area contributed by atoms with Crippen molar-refractivity contribution in [2.75, 3.05) is 13.1 Å². The fraction of sp³-hybridized carbons (Fsp3) is 0.381. The highest BCUT2D eigenvalue weighted by Crippen LogP contribution is 2.44. The first-order valence-corrected chi connectivity index (χ1v) is 9.50. The third-order valence-corrected chi connectivity index (χ3v) is 5.87. The van der Waals surface area contributed by atoms with Crippen molar-refractivity contribution in [2.45, 2.75) is 26.3 Å².